The Morgan fingerprint density at radius 3 is 2.24 bits per heavy atom. The van der Waals surface area contributed by atoms with E-state index in [1.165, 1.54) is 5.32 Å². The van der Waals surface area contributed by atoms with E-state index in [2.05, 4.69) is 6.58 Å². The summed E-state index contributed by atoms with van der Waals surface area (Å²) in [5.74, 6) is -2.33. The molecule has 0 radical (unpaired) electrons. The molecule has 0 fully saturated rings. The zero-order chi connectivity index (χ0) is 13.9. The van der Waals surface area contributed by atoms with Gasteiger partial charge in [0.25, 0.3) is 0 Å². The van der Waals surface area contributed by atoms with Gasteiger partial charge in [-0.2, -0.15) is 13.2 Å². The predicted octanol–water partition coefficient (Wildman–Crippen LogP) is 0.111. The summed E-state index contributed by atoms with van der Waals surface area (Å²) in [7, 11) is -1.85. The average molecular weight is 274 g/mol. The molecule has 0 aromatic carbocycles. The Hall–Kier alpha value is -1.09. The van der Waals surface area contributed by atoms with Crippen LogP contribution in [0.25, 0.3) is 0 Å². The van der Waals surface area contributed by atoms with Gasteiger partial charge in [0.15, 0.2) is 0 Å². The zero-order valence-electron chi connectivity index (χ0n) is 9.28. The van der Waals surface area contributed by atoms with E-state index < -0.39 is 33.9 Å². The van der Waals surface area contributed by atoms with E-state index in [-0.39, 0.29) is 0 Å². The average Bonchev–Trinajstić information content (AvgIpc) is 2.14. The van der Waals surface area contributed by atoms with Gasteiger partial charge < -0.3 is 5.32 Å². The van der Waals surface area contributed by atoms with Gasteiger partial charge in [-0.15, -0.1) is 0 Å². The van der Waals surface area contributed by atoms with Crippen LogP contribution in [0.2, 0.25) is 0 Å². The van der Waals surface area contributed by atoms with E-state index in [9.17, 15) is 26.4 Å². The van der Waals surface area contributed by atoms with Crippen molar-refractivity contribution in [1.29, 1.82) is 0 Å². The van der Waals surface area contributed by atoms with Crippen molar-refractivity contribution >= 4 is 15.9 Å². The lowest BCUT2D eigenvalue weighted by atomic mass is 10.3. The Balaban J connectivity index is 4.98. The predicted molar refractivity (Wildman–Crippen MR) is 55.7 cm³/mol. The van der Waals surface area contributed by atoms with Crippen LogP contribution in [0.1, 0.15) is 0 Å². The third-order valence-electron chi connectivity index (χ3n) is 1.83. The van der Waals surface area contributed by atoms with E-state index in [0.29, 0.717) is 10.4 Å². The lowest BCUT2D eigenvalue weighted by Gasteiger charge is -2.22. The summed E-state index contributed by atoms with van der Waals surface area (Å²) >= 11 is 0. The Morgan fingerprint density at radius 1 is 1.47 bits per heavy atom. The summed E-state index contributed by atoms with van der Waals surface area (Å²) in [6, 6.07) is -2.46. The number of nitrogens with zero attached hydrogens (tertiary/aromatic N) is 1. The monoisotopic (exact) mass is 274 g/mol. The second-order valence-electron chi connectivity index (χ2n) is 3.37. The number of hydrogen-bond donors (Lipinski definition) is 1. The van der Waals surface area contributed by atoms with Gasteiger partial charge in [0, 0.05) is 14.1 Å². The maximum Gasteiger partial charge on any atom is 0.409 e. The molecule has 100 valence electrons. The van der Waals surface area contributed by atoms with Crippen molar-refractivity contribution < 1.29 is 26.4 Å². The third kappa shape index (κ3) is 5.18. The van der Waals surface area contributed by atoms with Crippen LogP contribution in [0, 0.1) is 0 Å². The highest BCUT2D eigenvalue weighted by atomic mass is 32.2. The number of sulfonamides is 1. The summed E-state index contributed by atoms with van der Waals surface area (Å²) < 4.78 is 60.7. The summed E-state index contributed by atoms with van der Waals surface area (Å²) in [6.45, 7) is 2.99. The van der Waals surface area contributed by atoms with Gasteiger partial charge >= 0.3 is 6.18 Å². The maximum atomic E-state index is 12.5. The van der Waals surface area contributed by atoms with Gasteiger partial charge in [-0.05, 0) is 6.08 Å². The Labute approximate surface area is 97.3 Å². The molecule has 0 aliphatic rings. The number of carbonyl (C=O) groups is 1. The quantitative estimate of drug-likeness (QED) is 0.724. The number of amides is 1. The number of nitrogens with one attached hydrogen (secondary N) is 1. The van der Waals surface area contributed by atoms with E-state index in [0.717, 1.165) is 14.1 Å². The molecule has 0 aromatic heterocycles. The third-order valence-corrected chi connectivity index (χ3v) is 3.70. The van der Waals surface area contributed by atoms with Crippen LogP contribution < -0.4 is 5.32 Å². The van der Waals surface area contributed by atoms with Crippen LogP contribution in [0.4, 0.5) is 13.2 Å². The van der Waals surface area contributed by atoms with E-state index in [1.807, 2.05) is 0 Å². The molecule has 1 atom stereocenters. The highest BCUT2D eigenvalue weighted by Crippen LogP contribution is 2.22. The van der Waals surface area contributed by atoms with Crippen molar-refractivity contribution in [3.8, 4) is 0 Å². The number of alkyl halides is 3. The van der Waals surface area contributed by atoms with Crippen LogP contribution in [0.3, 0.4) is 0 Å². The molecule has 0 bridgehead atoms. The zero-order valence-corrected chi connectivity index (χ0v) is 10.1. The minimum absolute atomic E-state index is 0.640. The van der Waals surface area contributed by atoms with E-state index in [1.54, 1.807) is 0 Å². The molecule has 0 heterocycles. The number of halogens is 3. The smallest absolute Gasteiger partial charge is 0.340 e. The van der Waals surface area contributed by atoms with Crippen molar-refractivity contribution in [2.24, 2.45) is 0 Å². The SMILES string of the molecule is C=CC(=O)NC(CS(=O)(=O)N(C)C)C(F)(F)F. The van der Waals surface area contributed by atoms with Gasteiger partial charge in [-0.25, -0.2) is 12.7 Å². The van der Waals surface area contributed by atoms with Crippen molar-refractivity contribution in [3.05, 3.63) is 12.7 Å². The fourth-order valence-corrected chi connectivity index (χ4v) is 1.80. The van der Waals surface area contributed by atoms with Crippen molar-refractivity contribution in [2.75, 3.05) is 19.8 Å². The van der Waals surface area contributed by atoms with E-state index >= 15 is 0 Å². The largest absolute Gasteiger partial charge is 0.409 e. The fourth-order valence-electron chi connectivity index (χ4n) is 0.808. The standard InChI is InChI=1S/C8H13F3N2O3S/c1-4-7(14)12-6(8(9,10)11)5-17(15,16)13(2)3/h4,6H,1,5H2,2-3H3,(H,12,14). The van der Waals surface area contributed by atoms with Crippen molar-refractivity contribution in [2.45, 2.75) is 12.2 Å². The van der Waals surface area contributed by atoms with Crippen molar-refractivity contribution in [3.63, 3.8) is 0 Å². The first-order valence-corrected chi connectivity index (χ1v) is 6.01. The van der Waals surface area contributed by atoms with Crippen LogP contribution >= 0.6 is 0 Å². The lowest BCUT2D eigenvalue weighted by Crippen LogP contribution is -2.50. The molecule has 0 saturated carbocycles. The second kappa shape index (κ2) is 5.50. The molecule has 1 unspecified atom stereocenters. The first-order valence-electron chi connectivity index (χ1n) is 4.40. The minimum Gasteiger partial charge on any atom is -0.340 e. The topological polar surface area (TPSA) is 66.5 Å². The molecular formula is C8H13F3N2O3S. The Kier molecular flexibility index (Phi) is 5.14. The summed E-state index contributed by atoms with van der Waals surface area (Å²) in [4.78, 5) is 10.8. The number of carbonyl (C=O) groups excluding carboxylic acids is 1. The minimum atomic E-state index is -4.85. The molecule has 1 N–H and O–H groups in total. The van der Waals surface area contributed by atoms with Gasteiger partial charge in [0.05, 0.1) is 5.75 Å². The molecule has 5 nitrogen and oxygen atoms in total. The van der Waals surface area contributed by atoms with Crippen molar-refractivity contribution in [1.82, 2.24) is 9.62 Å². The number of hydrogen-bond acceptors (Lipinski definition) is 3. The molecule has 0 rings (SSSR count). The molecule has 0 aliphatic heterocycles. The molecule has 9 heteroatoms. The molecule has 1 amide bonds. The highest BCUT2D eigenvalue weighted by molar-refractivity contribution is 7.89. The highest BCUT2D eigenvalue weighted by Gasteiger charge is 2.43. The Morgan fingerprint density at radius 2 is 1.94 bits per heavy atom. The molecule has 0 spiro atoms. The molecular weight excluding hydrogens is 261 g/mol. The second-order valence-corrected chi connectivity index (χ2v) is 5.60. The van der Waals surface area contributed by atoms with Crippen LogP contribution in [0.15, 0.2) is 12.7 Å². The van der Waals surface area contributed by atoms with Crippen LogP contribution in [-0.4, -0.2) is 50.7 Å². The van der Waals surface area contributed by atoms with Gasteiger partial charge in [0.2, 0.25) is 15.9 Å². The van der Waals surface area contributed by atoms with Gasteiger partial charge in [-0.1, -0.05) is 6.58 Å². The molecule has 0 saturated heterocycles. The molecule has 0 aromatic rings. The number of rotatable bonds is 5. The first-order chi connectivity index (χ1) is 7.50. The fraction of sp³-hybridized carbons (Fsp3) is 0.625. The summed E-state index contributed by atoms with van der Waals surface area (Å²) in [6.07, 6.45) is -4.21. The van der Waals surface area contributed by atoms with Gasteiger partial charge in [-0.3, -0.25) is 4.79 Å². The normalized spacial score (nSPS) is 14.5. The van der Waals surface area contributed by atoms with Gasteiger partial charge in [0.1, 0.15) is 6.04 Å². The maximum absolute atomic E-state index is 12.5. The van der Waals surface area contributed by atoms with Crippen LogP contribution in [0.5, 0.6) is 0 Å². The summed E-state index contributed by atoms with van der Waals surface area (Å²) in [5.41, 5.74) is 0. The molecule has 0 aliphatic carbocycles. The van der Waals surface area contributed by atoms with E-state index in [4.69, 9.17) is 0 Å². The van der Waals surface area contributed by atoms with Crippen LogP contribution in [-0.2, 0) is 14.8 Å². The first kappa shape index (κ1) is 15.9. The summed E-state index contributed by atoms with van der Waals surface area (Å²) in [5, 5.41) is 1.53. The Bertz CT molecular complexity index is 389. The lowest BCUT2D eigenvalue weighted by molar-refractivity contribution is -0.155. The molecule has 17 heavy (non-hydrogen) atoms.